The van der Waals surface area contributed by atoms with Crippen LogP contribution in [-0.2, 0) is 47.9 Å². The van der Waals surface area contributed by atoms with Crippen LogP contribution in [0.5, 0.6) is 0 Å². The minimum atomic E-state index is -2.15. The van der Waals surface area contributed by atoms with E-state index in [4.69, 9.17) is 28.1 Å². The van der Waals surface area contributed by atoms with Crippen LogP contribution < -0.4 is 0 Å². The maximum atomic E-state index is 6.80. The Labute approximate surface area is 240 Å². The quantitative estimate of drug-likeness (QED) is 0.155. The smallest absolute Gasteiger partial charge is 0.191 e. The first-order valence-corrected chi connectivity index (χ1v) is 17.0. The molecule has 3 aromatic carbocycles. The number of allylic oxidation sites excluding steroid dienone is 1. The van der Waals surface area contributed by atoms with E-state index < -0.39 is 39.0 Å². The van der Waals surface area contributed by atoms with Gasteiger partial charge in [-0.05, 0) is 35.8 Å². The molecule has 0 N–H and O–H groups in total. The minimum absolute atomic E-state index is 0.319. The van der Waals surface area contributed by atoms with E-state index in [1.807, 2.05) is 72.8 Å². The first kappa shape index (κ1) is 30.3. The summed E-state index contributed by atoms with van der Waals surface area (Å²) in [5, 5.41) is 0. The van der Waals surface area contributed by atoms with Crippen LogP contribution in [0.2, 0.25) is 19.1 Å². The maximum Gasteiger partial charge on any atom is 0.191 e. The summed E-state index contributed by atoms with van der Waals surface area (Å²) in [6.07, 6.45) is -0.543. The Hall–Kier alpha value is -2.62. The zero-order chi connectivity index (χ0) is 28.2. The van der Waals surface area contributed by atoms with E-state index in [2.05, 4.69) is 43.9 Å². The summed E-state index contributed by atoms with van der Waals surface area (Å²) in [6, 6.07) is 31.2. The van der Waals surface area contributed by atoms with Crippen molar-refractivity contribution in [2.24, 2.45) is 0 Å². The van der Waals surface area contributed by atoms with Crippen molar-refractivity contribution in [3.8, 4) is 0 Å². The van der Waals surface area contributed by atoms with E-state index in [1.165, 1.54) is 0 Å². The number of hydrogen-bond donors (Lipinski definition) is 0. The van der Waals surface area contributed by atoms with Crippen molar-refractivity contribution in [3.63, 3.8) is 0 Å². The highest BCUT2D eigenvalue weighted by Crippen LogP contribution is 2.33. The van der Waals surface area contributed by atoms with Crippen LogP contribution in [0.4, 0.5) is 0 Å². The molecule has 1 aliphatic rings. The lowest BCUT2D eigenvalue weighted by molar-refractivity contribution is -0.309. The fourth-order valence-electron chi connectivity index (χ4n) is 4.88. The lowest BCUT2D eigenvalue weighted by Crippen LogP contribution is -2.63. The fraction of sp³-hybridized carbons (Fsp3) is 0.394. The molecule has 214 valence electrons. The Balaban J connectivity index is 1.60. The molecule has 1 saturated heterocycles. The van der Waals surface area contributed by atoms with Gasteiger partial charge >= 0.3 is 0 Å². The van der Waals surface area contributed by atoms with Crippen LogP contribution in [-0.4, -0.2) is 52.7 Å². The van der Waals surface area contributed by atoms with Crippen molar-refractivity contribution < 1.29 is 28.1 Å². The summed E-state index contributed by atoms with van der Waals surface area (Å²) in [5.74, 6) is 0. The average molecular weight is 563 g/mol. The summed E-state index contributed by atoms with van der Waals surface area (Å²) < 4.78 is 38.6. The molecule has 0 spiro atoms. The minimum Gasteiger partial charge on any atom is -0.406 e. The van der Waals surface area contributed by atoms with Crippen LogP contribution in [0.25, 0.3) is 0 Å². The van der Waals surface area contributed by atoms with Crippen LogP contribution in [0.1, 0.15) is 16.7 Å². The van der Waals surface area contributed by atoms with E-state index in [-0.39, 0.29) is 0 Å². The molecule has 0 radical (unpaired) electrons. The standard InChI is InChI=1S/C33H42O6Si/c1-5-21-40(3,4)39-32-31(37-24-28-19-13-8-14-20-28)30(36-23-27-17-11-7-12-18-27)29(38-33(32)34-2)25-35-22-26-15-9-6-10-16-26/h5-20,29-33H,1,21-25H2,2-4H3/t29-,30-,31+,32+,33+/m1/s1. The van der Waals surface area contributed by atoms with Gasteiger partial charge < -0.3 is 28.1 Å². The molecule has 1 fully saturated rings. The first-order chi connectivity index (χ1) is 19.5. The van der Waals surface area contributed by atoms with Gasteiger partial charge in [-0.15, -0.1) is 6.58 Å². The molecule has 7 heteroatoms. The Bertz CT molecular complexity index is 1130. The molecule has 0 saturated carbocycles. The lowest BCUT2D eigenvalue weighted by Gasteiger charge is -2.47. The molecular formula is C33H42O6Si. The molecule has 0 amide bonds. The van der Waals surface area contributed by atoms with Gasteiger partial charge in [0.2, 0.25) is 0 Å². The topological polar surface area (TPSA) is 55.4 Å². The van der Waals surface area contributed by atoms with Crippen molar-refractivity contribution in [2.45, 2.75) is 69.7 Å². The van der Waals surface area contributed by atoms with Crippen molar-refractivity contribution in [2.75, 3.05) is 13.7 Å². The second-order valence-electron chi connectivity index (χ2n) is 10.6. The van der Waals surface area contributed by atoms with E-state index in [0.29, 0.717) is 26.4 Å². The van der Waals surface area contributed by atoms with E-state index >= 15 is 0 Å². The Morgan fingerprint density at radius 1 is 0.725 bits per heavy atom. The number of methoxy groups -OCH3 is 1. The third-order valence-corrected chi connectivity index (χ3v) is 9.06. The number of rotatable bonds is 15. The van der Waals surface area contributed by atoms with Gasteiger partial charge in [-0.2, -0.15) is 0 Å². The summed E-state index contributed by atoms with van der Waals surface area (Å²) >= 11 is 0. The van der Waals surface area contributed by atoms with Gasteiger partial charge in [-0.1, -0.05) is 97.1 Å². The van der Waals surface area contributed by atoms with Crippen LogP contribution >= 0.6 is 0 Å². The highest BCUT2D eigenvalue weighted by Gasteiger charge is 2.50. The fourth-order valence-corrected chi connectivity index (χ4v) is 6.66. The van der Waals surface area contributed by atoms with Crippen molar-refractivity contribution in [1.82, 2.24) is 0 Å². The van der Waals surface area contributed by atoms with Gasteiger partial charge in [0.15, 0.2) is 14.6 Å². The average Bonchev–Trinajstić information content (AvgIpc) is 2.97. The van der Waals surface area contributed by atoms with Gasteiger partial charge in [0.05, 0.1) is 26.4 Å². The van der Waals surface area contributed by atoms with Crippen molar-refractivity contribution in [3.05, 3.63) is 120 Å². The van der Waals surface area contributed by atoms with Gasteiger partial charge in [0.1, 0.15) is 24.4 Å². The van der Waals surface area contributed by atoms with E-state index in [9.17, 15) is 0 Å². The second kappa shape index (κ2) is 15.4. The molecule has 0 aliphatic carbocycles. The highest BCUT2D eigenvalue weighted by atomic mass is 28.4. The molecule has 0 unspecified atom stereocenters. The number of hydrogen-bond acceptors (Lipinski definition) is 6. The monoisotopic (exact) mass is 562 g/mol. The van der Waals surface area contributed by atoms with Crippen LogP contribution in [0.3, 0.4) is 0 Å². The number of ether oxygens (including phenoxy) is 5. The first-order valence-electron chi connectivity index (χ1n) is 13.9. The molecule has 3 aromatic rings. The normalized spacial score (nSPS) is 23.1. The van der Waals surface area contributed by atoms with Crippen molar-refractivity contribution in [1.29, 1.82) is 0 Å². The van der Waals surface area contributed by atoms with Gasteiger partial charge in [-0.3, -0.25) is 0 Å². The molecule has 40 heavy (non-hydrogen) atoms. The van der Waals surface area contributed by atoms with Crippen LogP contribution in [0.15, 0.2) is 104 Å². The summed E-state index contributed by atoms with van der Waals surface area (Å²) in [5.41, 5.74) is 3.24. The molecule has 5 atom stereocenters. The molecule has 6 nitrogen and oxygen atoms in total. The van der Waals surface area contributed by atoms with Gasteiger partial charge in [0.25, 0.3) is 0 Å². The summed E-state index contributed by atoms with van der Waals surface area (Å²) in [4.78, 5) is 0. The summed E-state index contributed by atoms with van der Waals surface area (Å²) in [7, 11) is -0.509. The number of benzene rings is 3. The predicted octanol–water partition coefficient (Wildman–Crippen LogP) is 6.52. The molecule has 0 bridgehead atoms. The SMILES string of the molecule is C=CC[Si](C)(C)O[C@@H]1[C@@H](OC)O[C@H](COCc2ccccc2)[C@@H](OCc2ccccc2)[C@@H]1OCc1ccccc1. The van der Waals surface area contributed by atoms with E-state index in [0.717, 1.165) is 22.7 Å². The zero-order valence-corrected chi connectivity index (χ0v) is 24.8. The maximum absolute atomic E-state index is 6.80. The third kappa shape index (κ3) is 8.94. The zero-order valence-electron chi connectivity index (χ0n) is 23.8. The largest absolute Gasteiger partial charge is 0.406 e. The Morgan fingerprint density at radius 3 is 1.73 bits per heavy atom. The highest BCUT2D eigenvalue weighted by molar-refractivity contribution is 6.71. The molecule has 1 aliphatic heterocycles. The molecule has 4 rings (SSSR count). The third-order valence-electron chi connectivity index (χ3n) is 6.88. The van der Waals surface area contributed by atoms with E-state index in [1.54, 1.807) is 7.11 Å². The lowest BCUT2D eigenvalue weighted by atomic mass is 9.98. The predicted molar refractivity (Wildman–Crippen MR) is 159 cm³/mol. The Kier molecular flexibility index (Phi) is 11.7. The molecule has 0 aromatic heterocycles. The summed E-state index contributed by atoms with van der Waals surface area (Å²) in [6.45, 7) is 9.89. The van der Waals surface area contributed by atoms with Crippen LogP contribution in [0, 0.1) is 0 Å². The van der Waals surface area contributed by atoms with Crippen molar-refractivity contribution >= 4 is 8.32 Å². The Morgan fingerprint density at radius 2 is 1.23 bits per heavy atom. The van der Waals surface area contributed by atoms with Gasteiger partial charge in [-0.25, -0.2) is 0 Å². The second-order valence-corrected chi connectivity index (χ2v) is 14.8. The van der Waals surface area contributed by atoms with Gasteiger partial charge in [0, 0.05) is 7.11 Å². The molecular weight excluding hydrogens is 520 g/mol. The molecule has 1 heterocycles.